The van der Waals surface area contributed by atoms with E-state index in [2.05, 4.69) is 4.98 Å². The van der Waals surface area contributed by atoms with Gasteiger partial charge in [0.15, 0.2) is 12.5 Å². The standard InChI is InChI=1S/C22H33N2O15P/c1-12(2)35-20(27)30-10-33-40(29,34-11-31-21(28)36-13(3)4)32-9-15-17-22(6,39-14(5)37-17)18(38-15)24-8-7-16(25)23-19(24)26/h7-8,12-15,17-18H,9-11H2,1-6H3,(H,23,25,26)/t14?,15-,17-,18-,22-/m1/s1. The molecule has 3 rings (SSSR count). The van der Waals surface area contributed by atoms with Crippen molar-refractivity contribution in [2.75, 3.05) is 20.2 Å². The van der Waals surface area contributed by atoms with Crippen molar-refractivity contribution < 1.29 is 60.9 Å². The topological polar surface area (TPSA) is 198 Å². The van der Waals surface area contributed by atoms with Crippen molar-refractivity contribution in [1.82, 2.24) is 9.55 Å². The van der Waals surface area contributed by atoms with Gasteiger partial charge < -0.3 is 33.2 Å². The molecule has 0 bridgehead atoms. The number of carbonyl (C=O) groups excluding carboxylic acids is 2. The van der Waals surface area contributed by atoms with Crippen molar-refractivity contribution in [3.63, 3.8) is 0 Å². The number of carbonyl (C=O) groups is 2. The summed E-state index contributed by atoms with van der Waals surface area (Å²) in [6.45, 7) is 7.31. The molecule has 0 saturated carbocycles. The van der Waals surface area contributed by atoms with Gasteiger partial charge in [0.1, 0.15) is 17.8 Å². The van der Waals surface area contributed by atoms with E-state index >= 15 is 0 Å². The Morgan fingerprint density at radius 1 is 1.02 bits per heavy atom. The van der Waals surface area contributed by atoms with Crippen molar-refractivity contribution >= 4 is 20.1 Å². The van der Waals surface area contributed by atoms with Crippen molar-refractivity contribution in [1.29, 1.82) is 0 Å². The number of fused-ring (bicyclic) bond motifs is 1. The smallest absolute Gasteiger partial charge is 0.432 e. The molecule has 40 heavy (non-hydrogen) atoms. The summed E-state index contributed by atoms with van der Waals surface area (Å²) in [5.74, 6) is 0. The highest BCUT2D eigenvalue weighted by Crippen LogP contribution is 2.52. The second kappa shape index (κ2) is 13.2. The number of phosphoric acid groups is 1. The minimum Gasteiger partial charge on any atom is -0.432 e. The number of rotatable bonds is 12. The zero-order chi connectivity index (χ0) is 29.7. The highest BCUT2D eigenvalue weighted by atomic mass is 31.2. The van der Waals surface area contributed by atoms with Crippen LogP contribution >= 0.6 is 7.82 Å². The summed E-state index contributed by atoms with van der Waals surface area (Å²) in [7, 11) is -4.59. The Kier molecular flexibility index (Phi) is 10.5. The summed E-state index contributed by atoms with van der Waals surface area (Å²) in [4.78, 5) is 49.4. The third kappa shape index (κ3) is 8.13. The van der Waals surface area contributed by atoms with Gasteiger partial charge in [0.2, 0.25) is 13.6 Å². The van der Waals surface area contributed by atoms with E-state index in [4.69, 9.17) is 46.7 Å². The molecule has 17 nitrogen and oxygen atoms in total. The van der Waals surface area contributed by atoms with Gasteiger partial charge >= 0.3 is 25.8 Å². The van der Waals surface area contributed by atoms with Crippen LogP contribution in [0.15, 0.2) is 21.9 Å². The quantitative estimate of drug-likeness (QED) is 0.209. The van der Waals surface area contributed by atoms with Crippen LogP contribution in [0.5, 0.6) is 0 Å². The molecule has 5 atom stereocenters. The number of hydrogen-bond donors (Lipinski definition) is 1. The third-order valence-corrected chi connectivity index (χ3v) is 6.70. The van der Waals surface area contributed by atoms with E-state index < -0.39 is 94.1 Å². The zero-order valence-corrected chi connectivity index (χ0v) is 23.7. The normalized spacial score (nSPS) is 26.1. The lowest BCUT2D eigenvalue weighted by atomic mass is 9.96. The molecule has 2 fully saturated rings. The Labute approximate surface area is 228 Å². The van der Waals surface area contributed by atoms with Crippen molar-refractivity contribution in [3.05, 3.63) is 33.1 Å². The summed E-state index contributed by atoms with van der Waals surface area (Å²) in [6.07, 6.45) is -5.57. The minimum absolute atomic E-state index is 0.486. The highest BCUT2D eigenvalue weighted by molar-refractivity contribution is 7.48. The maximum atomic E-state index is 13.3. The van der Waals surface area contributed by atoms with E-state index in [1.54, 1.807) is 41.5 Å². The second-order valence-corrected chi connectivity index (χ2v) is 11.0. The van der Waals surface area contributed by atoms with Gasteiger partial charge in [-0.2, -0.15) is 0 Å². The molecule has 1 N–H and O–H groups in total. The fourth-order valence-electron chi connectivity index (χ4n) is 3.91. The zero-order valence-electron chi connectivity index (χ0n) is 22.8. The third-order valence-electron chi connectivity index (χ3n) is 5.39. The Balaban J connectivity index is 1.72. The van der Waals surface area contributed by atoms with Crippen molar-refractivity contribution in [2.45, 2.75) is 84.1 Å². The number of H-pyrrole nitrogens is 1. The Morgan fingerprint density at radius 2 is 1.60 bits per heavy atom. The second-order valence-electron chi connectivity index (χ2n) is 9.33. The first-order chi connectivity index (χ1) is 18.7. The average Bonchev–Trinajstić information content (AvgIpc) is 3.26. The van der Waals surface area contributed by atoms with Crippen LogP contribution in [-0.4, -0.2) is 78.4 Å². The molecule has 18 heteroatoms. The molecule has 2 aliphatic rings. The van der Waals surface area contributed by atoms with Crippen LogP contribution in [0.4, 0.5) is 9.59 Å². The van der Waals surface area contributed by atoms with Crippen LogP contribution in [0.3, 0.4) is 0 Å². The van der Waals surface area contributed by atoms with Gasteiger partial charge in [-0.05, 0) is 41.5 Å². The lowest BCUT2D eigenvalue weighted by molar-refractivity contribution is -0.166. The van der Waals surface area contributed by atoms with Gasteiger partial charge in [-0.1, -0.05) is 0 Å². The number of ether oxygens (including phenoxy) is 7. The van der Waals surface area contributed by atoms with Gasteiger partial charge in [-0.25, -0.2) is 28.0 Å². The molecule has 0 radical (unpaired) electrons. The summed E-state index contributed by atoms with van der Waals surface area (Å²) in [6, 6.07) is 1.14. The first-order valence-corrected chi connectivity index (χ1v) is 13.7. The molecule has 0 aliphatic carbocycles. The number of nitrogens with one attached hydrogen (secondary N) is 1. The predicted octanol–water partition coefficient (Wildman–Crippen LogP) is 2.15. The molecular formula is C22H33N2O15P. The monoisotopic (exact) mass is 596 g/mol. The average molecular weight is 596 g/mol. The summed E-state index contributed by atoms with van der Waals surface area (Å²) < 4.78 is 66.6. The highest BCUT2D eigenvalue weighted by Gasteiger charge is 2.62. The van der Waals surface area contributed by atoms with Crippen LogP contribution in [0.2, 0.25) is 0 Å². The SMILES string of the molecule is CC(C)OC(=O)OCOP(=O)(OCOC(=O)OC(C)C)OC[C@H]1O[C@@H](n2ccc(=O)[nH]c2=O)[C@]2(C)OC(C)O[C@H]12. The van der Waals surface area contributed by atoms with Crippen molar-refractivity contribution in [3.8, 4) is 0 Å². The maximum Gasteiger partial charge on any atom is 0.510 e. The summed E-state index contributed by atoms with van der Waals surface area (Å²) in [5.41, 5.74) is -2.59. The molecule has 1 unspecified atom stereocenters. The van der Waals surface area contributed by atoms with Gasteiger partial charge in [0.25, 0.3) is 5.56 Å². The van der Waals surface area contributed by atoms with Crippen LogP contribution < -0.4 is 11.2 Å². The van der Waals surface area contributed by atoms with E-state index in [9.17, 15) is 23.7 Å². The van der Waals surface area contributed by atoms with Gasteiger partial charge in [-0.15, -0.1) is 0 Å². The Bertz CT molecular complexity index is 1170. The van der Waals surface area contributed by atoms with Gasteiger partial charge in [0, 0.05) is 12.3 Å². The molecule has 0 aromatic carbocycles. The maximum absolute atomic E-state index is 13.3. The molecule has 1 aromatic rings. The fourth-order valence-corrected chi connectivity index (χ4v) is 4.83. The molecule has 0 spiro atoms. The van der Waals surface area contributed by atoms with Crippen molar-refractivity contribution in [2.24, 2.45) is 0 Å². The van der Waals surface area contributed by atoms with E-state index in [1.165, 1.54) is 6.20 Å². The largest absolute Gasteiger partial charge is 0.510 e. The molecule has 226 valence electrons. The fraction of sp³-hybridized carbons (Fsp3) is 0.727. The molecule has 3 heterocycles. The molecular weight excluding hydrogens is 563 g/mol. The van der Waals surface area contributed by atoms with Crippen LogP contribution in [-0.2, 0) is 51.3 Å². The lowest BCUT2D eigenvalue weighted by Crippen LogP contribution is -2.45. The van der Waals surface area contributed by atoms with Gasteiger partial charge in [-0.3, -0.25) is 18.9 Å². The van der Waals surface area contributed by atoms with E-state index in [0.29, 0.717) is 0 Å². The minimum atomic E-state index is -4.59. The number of phosphoric ester groups is 1. The molecule has 0 amide bonds. The van der Waals surface area contributed by atoms with Crippen LogP contribution in [0, 0.1) is 0 Å². The van der Waals surface area contributed by atoms with E-state index in [-0.39, 0.29) is 0 Å². The number of aromatic amines is 1. The summed E-state index contributed by atoms with van der Waals surface area (Å²) in [5, 5.41) is 0. The Hall–Kier alpha value is -2.79. The lowest BCUT2D eigenvalue weighted by Gasteiger charge is -2.28. The molecule has 1 aromatic heterocycles. The molecule has 2 saturated heterocycles. The first-order valence-electron chi connectivity index (χ1n) is 12.2. The predicted molar refractivity (Wildman–Crippen MR) is 130 cm³/mol. The van der Waals surface area contributed by atoms with E-state index in [0.717, 1.165) is 10.6 Å². The number of hydrogen-bond acceptors (Lipinski definition) is 15. The first kappa shape index (κ1) is 31.7. The van der Waals surface area contributed by atoms with E-state index in [1.807, 2.05) is 0 Å². The van der Waals surface area contributed by atoms with Crippen LogP contribution in [0.25, 0.3) is 0 Å². The summed E-state index contributed by atoms with van der Waals surface area (Å²) >= 11 is 0. The van der Waals surface area contributed by atoms with Crippen LogP contribution in [0.1, 0.15) is 47.8 Å². The van der Waals surface area contributed by atoms with Gasteiger partial charge in [0.05, 0.1) is 18.8 Å². The number of aromatic nitrogens is 2. The molecule has 2 aliphatic heterocycles. The number of nitrogens with zero attached hydrogens (tertiary/aromatic N) is 1. The Morgan fingerprint density at radius 3 is 2.12 bits per heavy atom.